The van der Waals surface area contributed by atoms with Crippen LogP contribution in [0.25, 0.3) is 22.5 Å². The molecule has 3 heterocycles. The average molecular weight is 362 g/mol. The molecule has 0 saturated heterocycles. The largest absolute Gasteiger partial charge is 0.488 e. The van der Waals surface area contributed by atoms with E-state index < -0.39 is 0 Å². The van der Waals surface area contributed by atoms with Gasteiger partial charge in [0.25, 0.3) is 0 Å². The number of oxazole rings is 1. The van der Waals surface area contributed by atoms with Gasteiger partial charge in [0.2, 0.25) is 0 Å². The first kappa shape index (κ1) is 17.0. The summed E-state index contributed by atoms with van der Waals surface area (Å²) < 4.78 is 13.2. The van der Waals surface area contributed by atoms with Crippen molar-refractivity contribution in [3.8, 4) is 17.1 Å². The Morgan fingerprint density at radius 3 is 2.89 bits per heavy atom. The van der Waals surface area contributed by atoms with Crippen molar-refractivity contribution in [3.05, 3.63) is 60.2 Å². The summed E-state index contributed by atoms with van der Waals surface area (Å²) in [4.78, 5) is 20.1. The summed E-state index contributed by atoms with van der Waals surface area (Å²) in [5.74, 6) is 0.446. The van der Waals surface area contributed by atoms with E-state index >= 15 is 0 Å². The molecule has 3 aromatic heterocycles. The van der Waals surface area contributed by atoms with Crippen molar-refractivity contribution < 1.29 is 13.9 Å². The highest BCUT2D eigenvalue weighted by molar-refractivity contribution is 5.96. The number of carbonyl (C=O) groups excluding carboxylic acids is 1. The van der Waals surface area contributed by atoms with E-state index in [1.807, 2.05) is 22.9 Å². The lowest BCUT2D eigenvalue weighted by atomic mass is 10.1. The van der Waals surface area contributed by atoms with Gasteiger partial charge in [-0.2, -0.15) is 5.10 Å². The molecule has 1 aromatic carbocycles. The van der Waals surface area contributed by atoms with E-state index in [2.05, 4.69) is 28.9 Å². The van der Waals surface area contributed by atoms with Crippen LogP contribution in [0.15, 0.2) is 53.5 Å². The number of fused-ring (bicyclic) bond motifs is 1. The van der Waals surface area contributed by atoms with Crippen LogP contribution in [0.4, 0.5) is 0 Å². The molecule has 0 amide bonds. The number of benzene rings is 1. The van der Waals surface area contributed by atoms with Gasteiger partial charge in [-0.15, -0.1) is 0 Å². The zero-order valence-electron chi connectivity index (χ0n) is 15.0. The van der Waals surface area contributed by atoms with Crippen LogP contribution in [-0.2, 0) is 6.61 Å². The molecule has 0 fully saturated rings. The van der Waals surface area contributed by atoms with Gasteiger partial charge in [0.1, 0.15) is 23.4 Å². The number of carbonyl (C=O) groups is 1. The van der Waals surface area contributed by atoms with Crippen molar-refractivity contribution in [2.24, 2.45) is 0 Å². The molecule has 0 spiro atoms. The van der Waals surface area contributed by atoms with E-state index in [1.165, 1.54) is 6.39 Å². The summed E-state index contributed by atoms with van der Waals surface area (Å²) in [6.07, 6.45) is 5.54. The minimum absolute atomic E-state index is 0.210. The smallest absolute Gasteiger partial charge is 0.182 e. The van der Waals surface area contributed by atoms with Crippen LogP contribution in [0.2, 0.25) is 0 Å². The summed E-state index contributed by atoms with van der Waals surface area (Å²) in [6.45, 7) is 4.39. The molecule has 0 atom stereocenters. The molecule has 7 nitrogen and oxygen atoms in total. The molecule has 0 bridgehead atoms. The summed E-state index contributed by atoms with van der Waals surface area (Å²) in [5.41, 5.74) is 4.01. The third kappa shape index (κ3) is 3.08. The van der Waals surface area contributed by atoms with Gasteiger partial charge >= 0.3 is 0 Å². The second kappa shape index (κ2) is 7.03. The van der Waals surface area contributed by atoms with Crippen molar-refractivity contribution in [1.29, 1.82) is 0 Å². The second-order valence-electron chi connectivity index (χ2n) is 6.35. The van der Waals surface area contributed by atoms with Crippen LogP contribution in [-0.4, -0.2) is 26.0 Å². The lowest BCUT2D eigenvalue weighted by Gasteiger charge is -2.14. The molecule has 136 valence electrons. The molecule has 0 aliphatic rings. The number of rotatable bonds is 6. The molecule has 4 rings (SSSR count). The Labute approximate surface area is 155 Å². The average Bonchev–Trinajstić information content (AvgIpc) is 3.35. The van der Waals surface area contributed by atoms with Crippen LogP contribution >= 0.6 is 0 Å². The number of hydrogen-bond acceptors (Lipinski definition) is 6. The molecule has 0 aliphatic heterocycles. The van der Waals surface area contributed by atoms with E-state index in [-0.39, 0.29) is 12.6 Å². The Kier molecular flexibility index (Phi) is 4.42. The zero-order valence-corrected chi connectivity index (χ0v) is 15.0. The molecular formula is C20H18N4O3. The van der Waals surface area contributed by atoms with Gasteiger partial charge in [0.05, 0.1) is 11.4 Å². The molecule has 0 unspecified atom stereocenters. The van der Waals surface area contributed by atoms with Crippen LogP contribution < -0.4 is 4.74 Å². The second-order valence-corrected chi connectivity index (χ2v) is 6.35. The Morgan fingerprint density at radius 2 is 2.07 bits per heavy atom. The monoisotopic (exact) mass is 362 g/mol. The van der Waals surface area contributed by atoms with Crippen LogP contribution in [0.5, 0.6) is 5.75 Å². The summed E-state index contributed by atoms with van der Waals surface area (Å²) in [5, 5.41) is 4.38. The maximum atomic E-state index is 11.5. The molecular weight excluding hydrogens is 344 g/mol. The predicted octanol–water partition coefficient (Wildman–Crippen LogP) is 4.06. The van der Waals surface area contributed by atoms with Gasteiger partial charge in [0, 0.05) is 24.0 Å². The Balaban J connectivity index is 1.67. The Bertz CT molecular complexity index is 1100. The number of hydrogen-bond donors (Lipinski definition) is 0. The number of ether oxygens (including phenoxy) is 1. The minimum Gasteiger partial charge on any atom is -0.488 e. The molecule has 4 aromatic rings. The molecule has 7 heteroatoms. The predicted molar refractivity (Wildman–Crippen MR) is 99.6 cm³/mol. The van der Waals surface area contributed by atoms with Crippen LogP contribution in [0.3, 0.4) is 0 Å². The fourth-order valence-electron chi connectivity index (χ4n) is 3.02. The number of aromatic nitrogens is 4. The first-order chi connectivity index (χ1) is 13.2. The molecule has 0 radical (unpaired) electrons. The van der Waals surface area contributed by atoms with Crippen molar-refractivity contribution in [2.45, 2.75) is 26.5 Å². The molecule has 0 N–H and O–H groups in total. The number of aldehydes is 1. The van der Waals surface area contributed by atoms with Gasteiger partial charge in [-0.3, -0.25) is 14.5 Å². The van der Waals surface area contributed by atoms with Gasteiger partial charge in [-0.05, 0) is 38.1 Å². The lowest BCUT2D eigenvalue weighted by Crippen LogP contribution is -2.08. The highest BCUT2D eigenvalue weighted by atomic mass is 16.5. The Hall–Kier alpha value is -3.48. The van der Waals surface area contributed by atoms with Crippen molar-refractivity contribution in [3.63, 3.8) is 0 Å². The zero-order chi connectivity index (χ0) is 18.8. The highest BCUT2D eigenvalue weighted by Crippen LogP contribution is 2.28. The summed E-state index contributed by atoms with van der Waals surface area (Å²) in [6, 6.07) is 9.44. The molecule has 27 heavy (non-hydrogen) atoms. The van der Waals surface area contributed by atoms with E-state index in [1.54, 1.807) is 24.5 Å². The molecule has 0 saturated carbocycles. The van der Waals surface area contributed by atoms with Crippen molar-refractivity contribution >= 4 is 17.4 Å². The fourth-order valence-corrected chi connectivity index (χ4v) is 3.02. The van der Waals surface area contributed by atoms with Crippen molar-refractivity contribution in [1.82, 2.24) is 19.7 Å². The standard InChI is InChI=1S/C20H18N4O3/c1-13(2)24-17(7-9-23-24)19-14(4-3-8-21-19)11-26-18-6-5-16-20(15(18)10-25)27-12-22-16/h3-10,12-13H,11H2,1-2H3. The number of pyridine rings is 1. The van der Waals surface area contributed by atoms with Crippen LogP contribution in [0, 0.1) is 0 Å². The normalized spacial score (nSPS) is 11.2. The van der Waals surface area contributed by atoms with Gasteiger partial charge < -0.3 is 9.15 Å². The lowest BCUT2D eigenvalue weighted by molar-refractivity contribution is 0.111. The van der Waals surface area contributed by atoms with Crippen molar-refractivity contribution in [2.75, 3.05) is 0 Å². The number of nitrogens with zero attached hydrogens (tertiary/aromatic N) is 4. The van der Waals surface area contributed by atoms with Gasteiger partial charge in [0.15, 0.2) is 18.3 Å². The summed E-state index contributed by atoms with van der Waals surface area (Å²) >= 11 is 0. The van der Waals surface area contributed by atoms with E-state index in [0.29, 0.717) is 22.4 Å². The van der Waals surface area contributed by atoms with E-state index in [9.17, 15) is 4.79 Å². The third-order valence-electron chi connectivity index (χ3n) is 4.29. The van der Waals surface area contributed by atoms with E-state index in [4.69, 9.17) is 9.15 Å². The molecule has 0 aliphatic carbocycles. The van der Waals surface area contributed by atoms with Gasteiger partial charge in [-0.25, -0.2) is 4.98 Å². The van der Waals surface area contributed by atoms with Crippen LogP contribution in [0.1, 0.15) is 35.8 Å². The Morgan fingerprint density at radius 1 is 1.19 bits per heavy atom. The van der Waals surface area contributed by atoms with Gasteiger partial charge in [-0.1, -0.05) is 6.07 Å². The maximum absolute atomic E-state index is 11.5. The highest BCUT2D eigenvalue weighted by Gasteiger charge is 2.16. The third-order valence-corrected chi connectivity index (χ3v) is 4.29. The topological polar surface area (TPSA) is 83.0 Å². The maximum Gasteiger partial charge on any atom is 0.182 e. The SMILES string of the molecule is CC(C)n1nccc1-c1ncccc1COc1ccc2ncoc2c1C=O. The first-order valence-corrected chi connectivity index (χ1v) is 8.61. The fraction of sp³-hybridized carbons (Fsp3) is 0.200. The van der Waals surface area contributed by atoms with E-state index in [0.717, 1.165) is 23.2 Å². The quantitative estimate of drug-likeness (QED) is 0.481. The minimum atomic E-state index is 0.210. The summed E-state index contributed by atoms with van der Waals surface area (Å²) in [7, 11) is 0. The first-order valence-electron chi connectivity index (χ1n) is 8.61.